The fourth-order valence-corrected chi connectivity index (χ4v) is 2.82. The van der Waals surface area contributed by atoms with E-state index in [1.165, 1.54) is 13.0 Å². The molecule has 0 spiro atoms. The first-order chi connectivity index (χ1) is 11.7. The third kappa shape index (κ3) is 4.52. The molecule has 2 atom stereocenters. The van der Waals surface area contributed by atoms with Gasteiger partial charge in [0, 0.05) is 19.4 Å². The van der Waals surface area contributed by atoms with Gasteiger partial charge in [0.2, 0.25) is 5.91 Å². The van der Waals surface area contributed by atoms with Crippen LogP contribution in [0.3, 0.4) is 0 Å². The van der Waals surface area contributed by atoms with Crippen molar-refractivity contribution in [2.24, 2.45) is 0 Å². The zero-order chi connectivity index (χ0) is 18.7. The molecule has 10 heteroatoms. The first-order valence-electron chi connectivity index (χ1n) is 7.22. The molecule has 1 aliphatic rings. The van der Waals surface area contributed by atoms with Crippen LogP contribution in [0.25, 0.3) is 0 Å². The van der Waals surface area contributed by atoms with Crippen molar-refractivity contribution in [3.63, 3.8) is 0 Å². The fourth-order valence-electron chi connectivity index (χ4n) is 2.82. The predicted octanol–water partition coefficient (Wildman–Crippen LogP) is 2.68. The van der Waals surface area contributed by atoms with Crippen LogP contribution in [-0.2, 0) is 9.59 Å². The van der Waals surface area contributed by atoms with Gasteiger partial charge in [-0.15, -0.1) is 0 Å². The van der Waals surface area contributed by atoms with Gasteiger partial charge in [-0.2, -0.15) is 17.6 Å². The van der Waals surface area contributed by atoms with E-state index in [9.17, 15) is 32.3 Å². The first kappa shape index (κ1) is 18.8. The maximum Gasteiger partial charge on any atom is 0.387 e. The molecule has 1 N–H and O–H groups in total. The number of carbonyl (C=O) groups is 2. The van der Waals surface area contributed by atoms with Crippen molar-refractivity contribution in [3.05, 3.63) is 23.8 Å². The third-order valence-electron chi connectivity index (χ3n) is 3.86. The number of carboxylic acid groups (broad SMARTS) is 1. The summed E-state index contributed by atoms with van der Waals surface area (Å²) in [7, 11) is 0. The van der Waals surface area contributed by atoms with E-state index in [1.54, 1.807) is 0 Å². The van der Waals surface area contributed by atoms with Crippen LogP contribution in [0.15, 0.2) is 18.2 Å². The molecule has 6 nitrogen and oxygen atoms in total. The summed E-state index contributed by atoms with van der Waals surface area (Å²) in [5.74, 6) is -3.22. The molecule has 1 aromatic rings. The molecular weight excluding hydrogens is 350 g/mol. The summed E-state index contributed by atoms with van der Waals surface area (Å²) in [5, 5.41) is 9.19. The van der Waals surface area contributed by atoms with Crippen LogP contribution in [0.5, 0.6) is 11.5 Å². The number of rotatable bonds is 6. The molecular formula is C15H15F4NO5. The van der Waals surface area contributed by atoms with Gasteiger partial charge in [0.15, 0.2) is 11.5 Å². The van der Waals surface area contributed by atoms with Gasteiger partial charge < -0.3 is 19.5 Å². The fraction of sp³-hybridized carbons (Fsp3) is 0.467. The molecule has 0 aromatic heterocycles. The number of nitrogens with zero attached hydrogens (tertiary/aromatic N) is 1. The molecule has 1 aliphatic heterocycles. The van der Waals surface area contributed by atoms with Crippen molar-refractivity contribution < 1.29 is 41.7 Å². The van der Waals surface area contributed by atoms with Crippen LogP contribution >= 0.6 is 0 Å². The zero-order valence-electron chi connectivity index (χ0n) is 13.0. The van der Waals surface area contributed by atoms with Gasteiger partial charge in [0.05, 0.1) is 0 Å². The number of benzene rings is 1. The van der Waals surface area contributed by atoms with Crippen LogP contribution in [0, 0.1) is 0 Å². The molecule has 1 fully saturated rings. The minimum atomic E-state index is -3.25. The Morgan fingerprint density at radius 2 is 1.76 bits per heavy atom. The highest BCUT2D eigenvalue weighted by atomic mass is 19.3. The van der Waals surface area contributed by atoms with Gasteiger partial charge in [-0.05, 0) is 24.1 Å². The average molecular weight is 365 g/mol. The first-order valence-corrected chi connectivity index (χ1v) is 7.22. The lowest BCUT2D eigenvalue weighted by atomic mass is 9.96. The molecule has 0 saturated carbocycles. The van der Waals surface area contributed by atoms with Crippen molar-refractivity contribution >= 4 is 11.9 Å². The summed E-state index contributed by atoms with van der Waals surface area (Å²) in [5.41, 5.74) is 0.382. The minimum absolute atomic E-state index is 0.0650. The number of alkyl halides is 4. The highest BCUT2D eigenvalue weighted by Gasteiger charge is 2.39. The van der Waals surface area contributed by atoms with E-state index in [1.807, 2.05) is 0 Å². The van der Waals surface area contributed by atoms with Gasteiger partial charge in [0.25, 0.3) is 0 Å². The molecule has 1 amide bonds. The Balaban J connectivity index is 2.30. The van der Waals surface area contributed by atoms with Crippen molar-refractivity contribution in [2.45, 2.75) is 38.5 Å². The van der Waals surface area contributed by atoms with Crippen LogP contribution in [0.1, 0.15) is 24.8 Å². The molecule has 2 unspecified atom stereocenters. The number of halogens is 4. The largest absolute Gasteiger partial charge is 0.480 e. The number of likely N-dealkylation sites (tertiary alicyclic amines) is 1. The number of amides is 1. The SMILES string of the molecule is CC(=O)N1CC(c2ccc(OC(F)F)c(OC(F)F)c2)CC1C(=O)O. The Morgan fingerprint density at radius 3 is 2.24 bits per heavy atom. The van der Waals surface area contributed by atoms with Gasteiger partial charge >= 0.3 is 19.2 Å². The van der Waals surface area contributed by atoms with Crippen LogP contribution in [-0.4, -0.2) is 47.7 Å². The molecule has 0 aliphatic carbocycles. The molecule has 25 heavy (non-hydrogen) atoms. The smallest absolute Gasteiger partial charge is 0.387 e. The topological polar surface area (TPSA) is 76.1 Å². The Kier molecular flexibility index (Phi) is 5.70. The van der Waals surface area contributed by atoms with E-state index in [0.29, 0.717) is 5.56 Å². The molecule has 1 heterocycles. The van der Waals surface area contributed by atoms with Crippen molar-refractivity contribution in [3.8, 4) is 11.5 Å². The number of aliphatic carboxylic acids is 1. The van der Waals surface area contributed by atoms with Crippen LogP contribution in [0.4, 0.5) is 17.6 Å². The van der Waals surface area contributed by atoms with Gasteiger partial charge in [-0.25, -0.2) is 4.79 Å². The maximum atomic E-state index is 12.5. The molecule has 138 valence electrons. The van der Waals surface area contributed by atoms with E-state index < -0.39 is 48.6 Å². The summed E-state index contributed by atoms with van der Waals surface area (Å²) in [4.78, 5) is 24.0. The molecule has 1 aromatic carbocycles. The normalized spacial score (nSPS) is 20.2. The molecule has 0 radical (unpaired) electrons. The standard InChI is InChI=1S/C15H15F4NO5/c1-7(21)20-6-9(4-10(20)13(22)23)8-2-3-11(24-14(16)17)12(5-8)25-15(18)19/h2-3,5,9-10,14-15H,4,6H2,1H3,(H,22,23). The lowest BCUT2D eigenvalue weighted by Crippen LogP contribution is -2.39. The summed E-state index contributed by atoms with van der Waals surface area (Å²) >= 11 is 0. The quantitative estimate of drug-likeness (QED) is 0.785. The Morgan fingerprint density at radius 1 is 1.16 bits per heavy atom. The monoisotopic (exact) mass is 365 g/mol. The Hall–Kier alpha value is -2.52. The summed E-state index contributed by atoms with van der Waals surface area (Å²) in [6.45, 7) is -5.18. The van der Waals surface area contributed by atoms with Crippen LogP contribution < -0.4 is 9.47 Å². The highest BCUT2D eigenvalue weighted by molar-refractivity contribution is 5.83. The second-order valence-electron chi connectivity index (χ2n) is 5.42. The summed E-state index contributed by atoms with van der Waals surface area (Å²) in [6, 6.07) is 2.45. The lowest BCUT2D eigenvalue weighted by Gasteiger charge is -2.19. The number of ether oxygens (including phenoxy) is 2. The van der Waals surface area contributed by atoms with E-state index in [2.05, 4.69) is 9.47 Å². The molecule has 2 rings (SSSR count). The highest BCUT2D eigenvalue weighted by Crippen LogP contribution is 2.38. The van der Waals surface area contributed by atoms with E-state index >= 15 is 0 Å². The van der Waals surface area contributed by atoms with E-state index in [4.69, 9.17) is 0 Å². The second-order valence-corrected chi connectivity index (χ2v) is 5.42. The second kappa shape index (κ2) is 7.58. The van der Waals surface area contributed by atoms with Crippen molar-refractivity contribution in [2.75, 3.05) is 6.54 Å². The van der Waals surface area contributed by atoms with E-state index in [0.717, 1.165) is 17.0 Å². The average Bonchev–Trinajstić information content (AvgIpc) is 2.93. The van der Waals surface area contributed by atoms with Gasteiger partial charge in [0.1, 0.15) is 6.04 Å². The number of carboxylic acids is 1. The lowest BCUT2D eigenvalue weighted by molar-refractivity contribution is -0.147. The minimum Gasteiger partial charge on any atom is -0.480 e. The van der Waals surface area contributed by atoms with Crippen molar-refractivity contribution in [1.82, 2.24) is 4.90 Å². The molecule has 0 bridgehead atoms. The third-order valence-corrected chi connectivity index (χ3v) is 3.86. The van der Waals surface area contributed by atoms with Gasteiger partial charge in [-0.1, -0.05) is 6.07 Å². The van der Waals surface area contributed by atoms with Crippen LogP contribution in [0.2, 0.25) is 0 Å². The zero-order valence-corrected chi connectivity index (χ0v) is 13.0. The van der Waals surface area contributed by atoms with Crippen molar-refractivity contribution in [1.29, 1.82) is 0 Å². The summed E-state index contributed by atoms with van der Waals surface area (Å²) < 4.78 is 58.0. The summed E-state index contributed by atoms with van der Waals surface area (Å²) in [6.07, 6.45) is 0.0675. The number of carbonyl (C=O) groups excluding carboxylic acids is 1. The number of hydrogen-bond acceptors (Lipinski definition) is 4. The molecule has 1 saturated heterocycles. The Bertz CT molecular complexity index is 633. The van der Waals surface area contributed by atoms with Gasteiger partial charge in [-0.3, -0.25) is 4.79 Å². The number of hydrogen-bond donors (Lipinski definition) is 1. The maximum absolute atomic E-state index is 12.5. The van der Waals surface area contributed by atoms with E-state index in [-0.39, 0.29) is 13.0 Å². The Labute approximate surface area is 139 Å². The predicted molar refractivity (Wildman–Crippen MR) is 75.9 cm³/mol.